The Hall–Kier alpha value is -1.87. The van der Waals surface area contributed by atoms with Crippen molar-refractivity contribution in [3.05, 3.63) is 59.9 Å². The molecule has 2 rings (SSSR count). The predicted octanol–water partition coefficient (Wildman–Crippen LogP) is 1.71. The second kappa shape index (κ2) is 4.77. The van der Waals surface area contributed by atoms with Gasteiger partial charge < -0.3 is 9.67 Å². The first-order valence-corrected chi connectivity index (χ1v) is 5.18. The van der Waals surface area contributed by atoms with Crippen molar-refractivity contribution in [2.45, 2.75) is 6.54 Å². The number of aliphatic hydroxyl groups excluding tert-OH is 1. The summed E-state index contributed by atoms with van der Waals surface area (Å²) in [4.78, 5) is 12.1. The Morgan fingerprint density at radius 3 is 2.56 bits per heavy atom. The molecule has 0 aliphatic carbocycles. The van der Waals surface area contributed by atoms with Crippen LogP contribution in [0.4, 0.5) is 0 Å². The van der Waals surface area contributed by atoms with E-state index < -0.39 is 0 Å². The van der Waals surface area contributed by atoms with E-state index in [2.05, 4.69) is 0 Å². The van der Waals surface area contributed by atoms with Gasteiger partial charge in [0.05, 0.1) is 12.3 Å². The highest BCUT2D eigenvalue weighted by Crippen LogP contribution is 2.10. The van der Waals surface area contributed by atoms with Gasteiger partial charge in [0.1, 0.15) is 0 Å². The lowest BCUT2D eigenvalue weighted by molar-refractivity contribution is 0.102. The number of ketones is 1. The first kappa shape index (κ1) is 10.6. The molecule has 0 radical (unpaired) electrons. The summed E-state index contributed by atoms with van der Waals surface area (Å²) >= 11 is 0. The molecule has 1 aromatic heterocycles. The number of nitrogens with zero attached hydrogens (tertiary/aromatic N) is 1. The number of benzene rings is 1. The number of rotatable bonds is 4. The molecule has 0 aliphatic heterocycles. The van der Waals surface area contributed by atoms with Gasteiger partial charge in [0.15, 0.2) is 0 Å². The van der Waals surface area contributed by atoms with Crippen LogP contribution < -0.4 is 0 Å². The molecular formula is C13H13NO2. The van der Waals surface area contributed by atoms with Crippen molar-refractivity contribution in [3.63, 3.8) is 0 Å². The van der Waals surface area contributed by atoms with Crippen LogP contribution in [0.2, 0.25) is 0 Å². The normalized spacial score (nSPS) is 10.3. The van der Waals surface area contributed by atoms with Gasteiger partial charge in [-0.05, 0) is 12.1 Å². The first-order chi connectivity index (χ1) is 7.83. The Bertz CT molecular complexity index is 474. The zero-order valence-electron chi connectivity index (χ0n) is 8.84. The molecule has 0 unspecified atom stereocenters. The monoisotopic (exact) mass is 215 g/mol. The van der Waals surface area contributed by atoms with E-state index in [9.17, 15) is 4.79 Å². The van der Waals surface area contributed by atoms with Crippen LogP contribution in [0.1, 0.15) is 16.1 Å². The largest absolute Gasteiger partial charge is 0.395 e. The van der Waals surface area contributed by atoms with Gasteiger partial charge in [-0.25, -0.2) is 0 Å². The molecular weight excluding hydrogens is 202 g/mol. The maximum Gasteiger partial charge on any atom is 0.209 e. The third-order valence-corrected chi connectivity index (χ3v) is 2.44. The first-order valence-electron chi connectivity index (χ1n) is 5.18. The van der Waals surface area contributed by atoms with Crippen LogP contribution in [0, 0.1) is 0 Å². The van der Waals surface area contributed by atoms with Crippen molar-refractivity contribution < 1.29 is 9.90 Å². The highest BCUT2D eigenvalue weighted by Gasteiger charge is 2.12. The summed E-state index contributed by atoms with van der Waals surface area (Å²) in [6.07, 6.45) is 1.80. The maximum absolute atomic E-state index is 12.1. The molecule has 0 bridgehead atoms. The Morgan fingerprint density at radius 2 is 1.88 bits per heavy atom. The number of carbonyl (C=O) groups excluding carboxylic acids is 1. The van der Waals surface area contributed by atoms with E-state index in [1.54, 1.807) is 29.0 Å². The summed E-state index contributed by atoms with van der Waals surface area (Å²) in [6, 6.07) is 12.7. The molecule has 0 aliphatic rings. The van der Waals surface area contributed by atoms with Gasteiger partial charge in [-0.2, -0.15) is 0 Å². The number of carbonyl (C=O) groups is 1. The highest BCUT2D eigenvalue weighted by molar-refractivity contribution is 6.07. The zero-order chi connectivity index (χ0) is 11.4. The van der Waals surface area contributed by atoms with Crippen molar-refractivity contribution in [2.75, 3.05) is 6.61 Å². The molecule has 0 fully saturated rings. The lowest BCUT2D eigenvalue weighted by atomic mass is 10.1. The smallest absolute Gasteiger partial charge is 0.209 e. The second-order valence-corrected chi connectivity index (χ2v) is 3.51. The minimum Gasteiger partial charge on any atom is -0.395 e. The Morgan fingerprint density at radius 1 is 1.12 bits per heavy atom. The van der Waals surface area contributed by atoms with E-state index in [0.717, 1.165) is 0 Å². The fourth-order valence-corrected chi connectivity index (χ4v) is 1.66. The highest BCUT2D eigenvalue weighted by atomic mass is 16.3. The van der Waals surface area contributed by atoms with Crippen LogP contribution >= 0.6 is 0 Å². The number of aromatic nitrogens is 1. The molecule has 3 heteroatoms. The second-order valence-electron chi connectivity index (χ2n) is 3.51. The van der Waals surface area contributed by atoms with Gasteiger partial charge in [0, 0.05) is 18.3 Å². The topological polar surface area (TPSA) is 42.2 Å². The van der Waals surface area contributed by atoms with Crippen molar-refractivity contribution >= 4 is 5.78 Å². The Kier molecular flexibility index (Phi) is 3.17. The standard InChI is InChI=1S/C13H13NO2/c15-10-9-14-8-4-7-12(14)13(16)11-5-2-1-3-6-11/h1-8,15H,9-10H2. The third-order valence-electron chi connectivity index (χ3n) is 2.44. The van der Waals surface area contributed by atoms with E-state index in [4.69, 9.17) is 5.11 Å². The van der Waals surface area contributed by atoms with E-state index in [0.29, 0.717) is 17.8 Å². The SMILES string of the molecule is O=C(c1ccccc1)c1cccn1CCO. The van der Waals surface area contributed by atoms with E-state index in [-0.39, 0.29) is 12.4 Å². The third kappa shape index (κ3) is 2.04. The average Bonchev–Trinajstić information content (AvgIpc) is 2.78. The number of hydrogen-bond acceptors (Lipinski definition) is 2. The fourth-order valence-electron chi connectivity index (χ4n) is 1.66. The van der Waals surface area contributed by atoms with Crippen LogP contribution in [0.3, 0.4) is 0 Å². The maximum atomic E-state index is 12.1. The van der Waals surface area contributed by atoms with Crippen LogP contribution in [0.5, 0.6) is 0 Å². The van der Waals surface area contributed by atoms with Gasteiger partial charge in [-0.1, -0.05) is 30.3 Å². The lowest BCUT2D eigenvalue weighted by Crippen LogP contribution is -2.11. The molecule has 16 heavy (non-hydrogen) atoms. The van der Waals surface area contributed by atoms with Crippen LogP contribution in [-0.4, -0.2) is 22.1 Å². The quantitative estimate of drug-likeness (QED) is 0.789. The van der Waals surface area contributed by atoms with Crippen LogP contribution in [-0.2, 0) is 6.54 Å². The number of aliphatic hydroxyl groups is 1. The molecule has 1 heterocycles. The van der Waals surface area contributed by atoms with E-state index in [1.165, 1.54) is 0 Å². The summed E-state index contributed by atoms with van der Waals surface area (Å²) in [6.45, 7) is 0.477. The number of hydrogen-bond donors (Lipinski definition) is 1. The van der Waals surface area contributed by atoms with Gasteiger partial charge in [-0.3, -0.25) is 4.79 Å². The summed E-state index contributed by atoms with van der Waals surface area (Å²) in [5, 5.41) is 8.88. The molecule has 82 valence electrons. The molecule has 1 N–H and O–H groups in total. The predicted molar refractivity (Wildman–Crippen MR) is 61.4 cm³/mol. The molecule has 0 amide bonds. The van der Waals surface area contributed by atoms with Crippen LogP contribution in [0.15, 0.2) is 48.7 Å². The summed E-state index contributed by atoms with van der Waals surface area (Å²) in [7, 11) is 0. The summed E-state index contributed by atoms with van der Waals surface area (Å²) in [5.41, 5.74) is 1.28. The van der Waals surface area contributed by atoms with Crippen molar-refractivity contribution in [2.24, 2.45) is 0 Å². The van der Waals surface area contributed by atoms with Crippen molar-refractivity contribution in [1.82, 2.24) is 4.57 Å². The molecule has 0 atom stereocenters. The van der Waals surface area contributed by atoms with Gasteiger partial charge >= 0.3 is 0 Å². The lowest BCUT2D eigenvalue weighted by Gasteiger charge is -2.06. The Balaban J connectivity index is 2.31. The van der Waals surface area contributed by atoms with Crippen molar-refractivity contribution in [1.29, 1.82) is 0 Å². The molecule has 2 aromatic rings. The van der Waals surface area contributed by atoms with Crippen molar-refractivity contribution in [3.8, 4) is 0 Å². The Labute approximate surface area is 94.0 Å². The molecule has 3 nitrogen and oxygen atoms in total. The summed E-state index contributed by atoms with van der Waals surface area (Å²) < 4.78 is 1.76. The van der Waals surface area contributed by atoms with Gasteiger partial charge in [0.2, 0.25) is 5.78 Å². The summed E-state index contributed by atoms with van der Waals surface area (Å²) in [5.74, 6) is -0.0148. The van der Waals surface area contributed by atoms with Crippen LogP contribution in [0.25, 0.3) is 0 Å². The van der Waals surface area contributed by atoms with E-state index in [1.807, 2.05) is 24.3 Å². The molecule has 0 saturated heterocycles. The minimum atomic E-state index is -0.0148. The molecule has 1 aromatic carbocycles. The average molecular weight is 215 g/mol. The molecule has 0 spiro atoms. The van der Waals surface area contributed by atoms with Gasteiger partial charge in [-0.15, -0.1) is 0 Å². The van der Waals surface area contributed by atoms with E-state index >= 15 is 0 Å². The van der Waals surface area contributed by atoms with Gasteiger partial charge in [0.25, 0.3) is 0 Å². The minimum absolute atomic E-state index is 0.0148. The fraction of sp³-hybridized carbons (Fsp3) is 0.154. The zero-order valence-corrected chi connectivity index (χ0v) is 8.84. The molecule has 0 saturated carbocycles.